The van der Waals surface area contributed by atoms with Crippen LogP contribution in [0.15, 0.2) is 0 Å². The van der Waals surface area contributed by atoms with Crippen molar-refractivity contribution >= 4 is 7.48 Å². The number of aliphatic hydroxyl groups is 1. The van der Waals surface area contributed by atoms with Crippen molar-refractivity contribution in [2.24, 2.45) is 0 Å². The molecule has 0 unspecified atom stereocenters. The van der Waals surface area contributed by atoms with E-state index in [2.05, 4.69) is 9.80 Å². The topological polar surface area (TPSA) is 50.2 Å². The highest BCUT2D eigenvalue weighted by Gasteiger charge is 2.08. The summed E-state index contributed by atoms with van der Waals surface area (Å²) in [7, 11) is 6.12. The van der Waals surface area contributed by atoms with Crippen molar-refractivity contribution in [1.82, 2.24) is 14.7 Å². The molecule has 0 radical (unpaired) electrons. The van der Waals surface area contributed by atoms with E-state index in [1.54, 1.807) is 0 Å². The minimum atomic E-state index is 0.167. The first kappa shape index (κ1) is 13.9. The van der Waals surface area contributed by atoms with E-state index in [0.717, 1.165) is 13.3 Å². The van der Waals surface area contributed by atoms with Gasteiger partial charge in [-0.05, 0) is 21.1 Å². The maximum absolute atomic E-state index is 8.86. The Kier molecular flexibility index (Phi) is 8.12. The zero-order valence-electron chi connectivity index (χ0n) is 9.48. The molecular formula is C8H22BN3O2. The second-order valence-corrected chi connectivity index (χ2v) is 3.78. The largest absolute Gasteiger partial charge is 0.453 e. The molecule has 6 heteroatoms. The number of hydrogen-bond acceptors (Lipinski definition) is 5. The van der Waals surface area contributed by atoms with Crippen molar-refractivity contribution in [3.05, 3.63) is 0 Å². The lowest BCUT2D eigenvalue weighted by Crippen LogP contribution is -2.43. The standard InChI is InChI=1S/C8H22BN3O2/c1-10(2)7-12(4-5-13)8-11(3)6-9-14/h9,13-14H,4-8H2,1-3H3. The first-order chi connectivity index (χ1) is 6.60. The van der Waals surface area contributed by atoms with Crippen LogP contribution in [0, 0.1) is 0 Å². The van der Waals surface area contributed by atoms with Crippen LogP contribution in [0.2, 0.25) is 0 Å². The summed E-state index contributed by atoms with van der Waals surface area (Å²) >= 11 is 0. The quantitative estimate of drug-likeness (QED) is 0.352. The molecule has 0 rings (SSSR count). The first-order valence-electron chi connectivity index (χ1n) is 4.87. The zero-order chi connectivity index (χ0) is 11.0. The minimum absolute atomic E-state index is 0.167. The van der Waals surface area contributed by atoms with Crippen LogP contribution in [0.5, 0.6) is 0 Å². The van der Waals surface area contributed by atoms with E-state index < -0.39 is 0 Å². The maximum Gasteiger partial charge on any atom is 0.285 e. The second kappa shape index (κ2) is 8.20. The highest BCUT2D eigenvalue weighted by Crippen LogP contribution is 1.92. The molecule has 0 saturated heterocycles. The summed E-state index contributed by atoms with van der Waals surface area (Å²) in [5, 5.41) is 17.6. The summed E-state index contributed by atoms with van der Waals surface area (Å²) in [6, 6.07) is 0. The van der Waals surface area contributed by atoms with E-state index >= 15 is 0 Å². The minimum Gasteiger partial charge on any atom is -0.453 e. The number of aliphatic hydroxyl groups excluding tert-OH is 1. The van der Waals surface area contributed by atoms with Crippen LogP contribution in [-0.4, -0.2) is 86.4 Å². The van der Waals surface area contributed by atoms with Crippen LogP contribution >= 0.6 is 0 Å². The van der Waals surface area contributed by atoms with Crippen LogP contribution < -0.4 is 0 Å². The van der Waals surface area contributed by atoms with Gasteiger partial charge in [0.05, 0.1) is 19.9 Å². The van der Waals surface area contributed by atoms with E-state index in [1.165, 1.54) is 0 Å². The van der Waals surface area contributed by atoms with Crippen molar-refractivity contribution in [3.8, 4) is 0 Å². The van der Waals surface area contributed by atoms with Crippen molar-refractivity contribution in [1.29, 1.82) is 0 Å². The van der Waals surface area contributed by atoms with Gasteiger partial charge in [0.2, 0.25) is 0 Å². The van der Waals surface area contributed by atoms with Gasteiger partial charge in [-0.2, -0.15) is 0 Å². The van der Waals surface area contributed by atoms with Gasteiger partial charge in [0, 0.05) is 13.0 Å². The highest BCUT2D eigenvalue weighted by atomic mass is 16.3. The summed E-state index contributed by atoms with van der Waals surface area (Å²) in [5.41, 5.74) is 0. The average Bonchev–Trinajstić information content (AvgIpc) is 2.03. The molecule has 84 valence electrons. The smallest absolute Gasteiger partial charge is 0.285 e. The maximum atomic E-state index is 8.86. The predicted molar refractivity (Wildman–Crippen MR) is 59.2 cm³/mol. The molecule has 0 saturated carbocycles. The van der Waals surface area contributed by atoms with Crippen LogP contribution in [-0.2, 0) is 0 Å². The molecule has 0 aliphatic carbocycles. The monoisotopic (exact) mass is 203 g/mol. The summed E-state index contributed by atoms with van der Waals surface area (Å²) < 4.78 is 0. The summed E-state index contributed by atoms with van der Waals surface area (Å²) in [6.07, 6.45) is 0.662. The Morgan fingerprint density at radius 2 is 1.79 bits per heavy atom. The van der Waals surface area contributed by atoms with Crippen LogP contribution in [0.25, 0.3) is 0 Å². The molecule has 0 atom stereocenters. The van der Waals surface area contributed by atoms with Crippen molar-refractivity contribution in [2.75, 3.05) is 54.1 Å². The Morgan fingerprint density at radius 1 is 1.14 bits per heavy atom. The summed E-state index contributed by atoms with van der Waals surface area (Å²) in [6.45, 7) is 2.41. The summed E-state index contributed by atoms with van der Waals surface area (Å²) in [5.74, 6) is 0. The van der Waals surface area contributed by atoms with Crippen LogP contribution in [0.4, 0.5) is 0 Å². The highest BCUT2D eigenvalue weighted by molar-refractivity contribution is 6.25. The number of rotatable bonds is 8. The lowest BCUT2D eigenvalue weighted by molar-refractivity contribution is 0.0920. The average molecular weight is 203 g/mol. The Hall–Kier alpha value is -0.135. The fraction of sp³-hybridized carbons (Fsp3) is 1.00. The Morgan fingerprint density at radius 3 is 2.21 bits per heavy atom. The molecule has 0 bridgehead atoms. The fourth-order valence-corrected chi connectivity index (χ4v) is 1.31. The molecule has 0 aliphatic heterocycles. The van der Waals surface area contributed by atoms with E-state index in [9.17, 15) is 0 Å². The van der Waals surface area contributed by atoms with Gasteiger partial charge >= 0.3 is 0 Å². The van der Waals surface area contributed by atoms with E-state index in [1.807, 2.05) is 26.0 Å². The Bertz CT molecular complexity index is 138. The second-order valence-electron chi connectivity index (χ2n) is 3.78. The zero-order valence-corrected chi connectivity index (χ0v) is 9.48. The van der Waals surface area contributed by atoms with Gasteiger partial charge in [-0.25, -0.2) is 0 Å². The molecule has 0 aromatic rings. The van der Waals surface area contributed by atoms with Gasteiger partial charge in [-0.15, -0.1) is 0 Å². The molecule has 14 heavy (non-hydrogen) atoms. The third-order valence-corrected chi connectivity index (χ3v) is 1.82. The molecule has 5 nitrogen and oxygen atoms in total. The van der Waals surface area contributed by atoms with Crippen LogP contribution in [0.1, 0.15) is 0 Å². The van der Waals surface area contributed by atoms with Crippen molar-refractivity contribution < 1.29 is 10.1 Å². The van der Waals surface area contributed by atoms with Crippen molar-refractivity contribution in [2.45, 2.75) is 0 Å². The van der Waals surface area contributed by atoms with Gasteiger partial charge < -0.3 is 10.1 Å². The summed E-state index contributed by atoms with van der Waals surface area (Å²) in [4.78, 5) is 6.21. The SMILES string of the molecule is CN(C)CN(CCO)CN(C)CBO. The van der Waals surface area contributed by atoms with E-state index in [4.69, 9.17) is 10.1 Å². The van der Waals surface area contributed by atoms with Gasteiger partial charge in [0.25, 0.3) is 7.48 Å². The molecule has 0 aliphatic rings. The fourth-order valence-electron chi connectivity index (χ4n) is 1.31. The Balaban J connectivity index is 3.81. The van der Waals surface area contributed by atoms with E-state index in [-0.39, 0.29) is 14.1 Å². The molecule has 0 fully saturated rings. The normalized spacial score (nSPS) is 11.7. The van der Waals surface area contributed by atoms with E-state index in [0.29, 0.717) is 13.0 Å². The molecule has 0 spiro atoms. The third kappa shape index (κ3) is 7.29. The third-order valence-electron chi connectivity index (χ3n) is 1.82. The lowest BCUT2D eigenvalue weighted by atomic mass is 10.0. The van der Waals surface area contributed by atoms with Gasteiger partial charge in [-0.3, -0.25) is 14.7 Å². The number of nitrogens with zero attached hydrogens (tertiary/aromatic N) is 3. The van der Waals surface area contributed by atoms with Gasteiger partial charge in [0.15, 0.2) is 0 Å². The van der Waals surface area contributed by atoms with Crippen LogP contribution in [0.3, 0.4) is 0 Å². The molecule has 2 N–H and O–H groups in total. The predicted octanol–water partition coefficient (Wildman–Crippen LogP) is -2.01. The molecule has 0 heterocycles. The van der Waals surface area contributed by atoms with Crippen molar-refractivity contribution in [3.63, 3.8) is 0 Å². The lowest BCUT2D eigenvalue weighted by Gasteiger charge is -2.29. The first-order valence-corrected chi connectivity index (χ1v) is 4.87. The molecular weight excluding hydrogens is 181 g/mol. The van der Waals surface area contributed by atoms with Gasteiger partial charge in [0.1, 0.15) is 0 Å². The molecule has 0 aromatic heterocycles. The van der Waals surface area contributed by atoms with Gasteiger partial charge in [-0.1, -0.05) is 0 Å². The number of hydrogen-bond donors (Lipinski definition) is 2. The molecule has 0 amide bonds. The Labute approximate surface area is 87.2 Å². The molecule has 0 aromatic carbocycles.